The minimum atomic E-state index is -2.26. The Morgan fingerprint density at radius 2 is 1.19 bits per heavy atom. The standard InChI is InChI=1S/C72H131NO22/c1-40(2)19-16-21-50-33-43(5)62(85)36-52(75)23-18-26-57(80)45(7)56(79)24-15-14-20-42(4)67(87)47(9)63-38-64(94-71-70(90)66(73(12)13)68(88)49(11)93-71)48(10)72(91,95-63)39-65(86)92-44(6)28-29-53(76)34-51(74)22-17-25-58(81)46(8)59(82)31-27-41(3)61(84)37-55(78)35-54(77)30-32-60(83)69(50)89/h14-15,20,28-29,33,40-41,44-64,66-71,74-85,87-91H,16-19,21-27,30-32,34-39H2,1-13H3/t41?,44?,45?,46?,47?,48?,49-,50?,51?,52?,53?,54?,55?,56?,57?,58?,59?,60?,61?,62?,63?,64?,66+,67?,68-,69?,70-,71+,72?/m1/s1. The Morgan fingerprint density at radius 1 is 0.611 bits per heavy atom. The van der Waals surface area contributed by atoms with Crippen molar-refractivity contribution in [3.63, 3.8) is 0 Å². The van der Waals surface area contributed by atoms with Crippen LogP contribution in [0.1, 0.15) is 205 Å². The van der Waals surface area contributed by atoms with Gasteiger partial charge in [0, 0.05) is 48.9 Å². The summed E-state index contributed by atoms with van der Waals surface area (Å²) in [5.41, 5.74) is 0.995. The number of allylic oxidation sites excluding steroid dienone is 2. The topological polar surface area (TPSA) is 401 Å². The van der Waals surface area contributed by atoms with Crippen LogP contribution in [0.4, 0.5) is 0 Å². The highest BCUT2D eigenvalue weighted by molar-refractivity contribution is 5.71. The monoisotopic (exact) mass is 1360 g/mol. The van der Waals surface area contributed by atoms with Crippen LogP contribution >= 0.6 is 0 Å². The summed E-state index contributed by atoms with van der Waals surface area (Å²) in [6.07, 6.45) is -8.64. The molecule has 2 saturated heterocycles. The molecule has 3 aliphatic heterocycles. The zero-order valence-corrected chi connectivity index (χ0v) is 59.4. The third kappa shape index (κ3) is 29.6. The van der Waals surface area contributed by atoms with Gasteiger partial charge in [-0.3, -0.25) is 4.79 Å². The van der Waals surface area contributed by atoms with E-state index in [0.717, 1.165) is 12.8 Å². The quantitative estimate of drug-likeness (QED) is 0.126. The summed E-state index contributed by atoms with van der Waals surface area (Å²) in [5, 5.41) is 190. The number of hydrogen-bond acceptors (Lipinski definition) is 23. The van der Waals surface area contributed by atoms with Crippen LogP contribution in [0.25, 0.3) is 0 Å². The second kappa shape index (κ2) is 42.8. The molecule has 0 aliphatic carbocycles. The van der Waals surface area contributed by atoms with Crippen LogP contribution in [0.2, 0.25) is 0 Å². The van der Waals surface area contributed by atoms with E-state index < -0.39 is 182 Å². The van der Waals surface area contributed by atoms with Crippen molar-refractivity contribution in [1.29, 1.82) is 0 Å². The average Bonchev–Trinajstić information content (AvgIpc) is 0.771. The van der Waals surface area contributed by atoms with Gasteiger partial charge in [0.1, 0.15) is 12.2 Å². The van der Waals surface area contributed by atoms with Gasteiger partial charge in [0.05, 0.1) is 122 Å². The molecule has 95 heavy (non-hydrogen) atoms. The molecule has 556 valence electrons. The molecule has 0 spiro atoms. The van der Waals surface area contributed by atoms with Gasteiger partial charge >= 0.3 is 5.97 Å². The van der Waals surface area contributed by atoms with Crippen molar-refractivity contribution in [2.75, 3.05) is 14.1 Å². The van der Waals surface area contributed by atoms with Gasteiger partial charge in [-0.2, -0.15) is 0 Å². The van der Waals surface area contributed by atoms with E-state index in [2.05, 4.69) is 13.8 Å². The van der Waals surface area contributed by atoms with Crippen molar-refractivity contribution < 1.29 is 111 Å². The van der Waals surface area contributed by atoms with Crippen molar-refractivity contribution in [3.05, 3.63) is 47.6 Å². The first-order valence-electron chi connectivity index (χ1n) is 35.5. The average molecular weight is 1360 g/mol. The maximum absolute atomic E-state index is 13.7. The third-order valence-corrected chi connectivity index (χ3v) is 20.6. The van der Waals surface area contributed by atoms with Gasteiger partial charge in [0.25, 0.3) is 0 Å². The number of carbonyl (C=O) groups excluding carboxylic acids is 1. The summed E-state index contributed by atoms with van der Waals surface area (Å²) in [6, 6.07) is -0.781. The van der Waals surface area contributed by atoms with E-state index in [0.29, 0.717) is 42.7 Å². The molecule has 29 atom stereocenters. The van der Waals surface area contributed by atoms with E-state index in [1.807, 2.05) is 0 Å². The fraction of sp³-hybridized carbons (Fsp3) is 0.875. The molecule has 23 heteroatoms. The van der Waals surface area contributed by atoms with Crippen LogP contribution in [0.5, 0.6) is 0 Å². The number of carbonyl (C=O) groups is 1. The number of cyclic esters (lactones) is 1. The minimum absolute atomic E-state index is 0.00761. The number of rotatable bonds is 7. The molecule has 0 aromatic carbocycles. The number of hydrogen-bond donors (Lipinski definition) is 17. The molecule has 3 rings (SSSR count). The fourth-order valence-corrected chi connectivity index (χ4v) is 13.4. The molecule has 2 bridgehead atoms. The molecule has 17 N–H and O–H groups in total. The zero-order chi connectivity index (χ0) is 71.8. The minimum Gasteiger partial charge on any atom is -0.458 e. The molecule has 3 aliphatic rings. The number of ether oxygens (including phenoxy) is 4. The molecular formula is C72H131NO22. The van der Waals surface area contributed by atoms with Crippen molar-refractivity contribution in [1.82, 2.24) is 4.90 Å². The van der Waals surface area contributed by atoms with E-state index in [-0.39, 0.29) is 89.4 Å². The normalized spacial score (nSPS) is 43.0. The predicted octanol–water partition coefficient (Wildman–Crippen LogP) is 4.11. The maximum atomic E-state index is 13.7. The highest BCUT2D eigenvalue weighted by Crippen LogP contribution is 2.42. The van der Waals surface area contributed by atoms with Gasteiger partial charge in [-0.25, -0.2) is 0 Å². The molecule has 2 fully saturated rings. The lowest BCUT2D eigenvalue weighted by Gasteiger charge is -2.50. The van der Waals surface area contributed by atoms with Crippen molar-refractivity contribution in [3.8, 4) is 0 Å². The molecule has 0 amide bonds. The number of likely N-dealkylation sites (N-methyl/N-ethyl adjacent to an activating group) is 1. The van der Waals surface area contributed by atoms with E-state index in [1.165, 1.54) is 12.2 Å². The van der Waals surface area contributed by atoms with Crippen molar-refractivity contribution >= 4 is 5.97 Å². The zero-order valence-electron chi connectivity index (χ0n) is 59.4. The highest BCUT2D eigenvalue weighted by Gasteiger charge is 2.53. The van der Waals surface area contributed by atoms with Gasteiger partial charge in [-0.15, -0.1) is 0 Å². The second-order valence-electron chi connectivity index (χ2n) is 29.6. The van der Waals surface area contributed by atoms with Gasteiger partial charge < -0.3 is 111 Å². The van der Waals surface area contributed by atoms with E-state index in [1.54, 1.807) is 106 Å². The summed E-state index contributed by atoms with van der Waals surface area (Å²) >= 11 is 0. The predicted molar refractivity (Wildman–Crippen MR) is 360 cm³/mol. The Labute approximate surface area is 567 Å². The lowest BCUT2D eigenvalue weighted by Crippen LogP contribution is -2.64. The number of nitrogens with zero attached hydrogens (tertiary/aromatic N) is 1. The Morgan fingerprint density at radius 3 is 1.80 bits per heavy atom. The van der Waals surface area contributed by atoms with E-state index in [4.69, 9.17) is 18.9 Å². The van der Waals surface area contributed by atoms with Crippen LogP contribution in [-0.2, 0) is 23.7 Å². The SMILES string of the molecule is CC1=CC(CCCC(C)C)C(O)C(O)CCC(O)CC(O)CC(O)C(C)CCC(O)C(C)C(O)CCCC(O)CC(O)C=CC(C)OC(=O)CC2(O)OC(CC(O[C@@H]3O[C@H](C)[C@@H](O)[C@H](N(C)C)[C@H]3O)C2C)C(C)C(O)C(C)=CC=CCC(O)C(C)C(O)CCCC(O)CC1O. The largest absolute Gasteiger partial charge is 0.458 e. The third-order valence-electron chi connectivity index (χ3n) is 20.6. The first kappa shape index (κ1) is 86.8. The molecule has 3 heterocycles. The van der Waals surface area contributed by atoms with Gasteiger partial charge in [0.2, 0.25) is 0 Å². The van der Waals surface area contributed by atoms with Crippen LogP contribution in [0, 0.1) is 41.4 Å². The smallest absolute Gasteiger partial charge is 0.311 e. The summed E-state index contributed by atoms with van der Waals surface area (Å²) in [7, 11) is 3.40. The summed E-state index contributed by atoms with van der Waals surface area (Å²) < 4.78 is 24.5. The Bertz CT molecular complexity index is 2260. The number of aliphatic hydroxyl groups excluding tert-OH is 16. The van der Waals surface area contributed by atoms with Gasteiger partial charge in [0.15, 0.2) is 12.1 Å². The molecule has 23 nitrogen and oxygen atoms in total. The maximum Gasteiger partial charge on any atom is 0.311 e. The fourth-order valence-electron chi connectivity index (χ4n) is 13.4. The van der Waals surface area contributed by atoms with Crippen LogP contribution in [0.3, 0.4) is 0 Å². The van der Waals surface area contributed by atoms with Crippen molar-refractivity contribution in [2.24, 2.45) is 41.4 Å². The van der Waals surface area contributed by atoms with Crippen LogP contribution < -0.4 is 0 Å². The summed E-state index contributed by atoms with van der Waals surface area (Å²) in [6.45, 7) is 19.3. The molecule has 0 saturated carbocycles. The number of aliphatic hydroxyl groups is 17. The van der Waals surface area contributed by atoms with Crippen LogP contribution in [-0.4, -0.2) is 252 Å². The Balaban J connectivity index is 1.86. The van der Waals surface area contributed by atoms with Crippen LogP contribution in [0.15, 0.2) is 47.6 Å². The molecule has 0 radical (unpaired) electrons. The summed E-state index contributed by atoms with van der Waals surface area (Å²) in [5.74, 6) is -6.50. The Hall–Kier alpha value is -2.41. The van der Waals surface area contributed by atoms with E-state index >= 15 is 0 Å². The second-order valence-corrected chi connectivity index (χ2v) is 29.6. The first-order valence-corrected chi connectivity index (χ1v) is 35.5. The highest BCUT2D eigenvalue weighted by atomic mass is 16.7. The molecule has 24 unspecified atom stereocenters. The first-order chi connectivity index (χ1) is 44.4. The van der Waals surface area contributed by atoms with Gasteiger partial charge in [-0.1, -0.05) is 91.7 Å². The van der Waals surface area contributed by atoms with Gasteiger partial charge in [-0.05, 0) is 161 Å². The van der Waals surface area contributed by atoms with E-state index in [9.17, 15) is 91.6 Å². The lowest BCUT2D eigenvalue weighted by molar-refractivity contribution is -0.351. The molecule has 0 aromatic heterocycles. The van der Waals surface area contributed by atoms with Crippen molar-refractivity contribution in [2.45, 2.75) is 345 Å². The number of esters is 1. The Kier molecular flexibility index (Phi) is 39.1. The summed E-state index contributed by atoms with van der Waals surface area (Å²) in [4.78, 5) is 15.4. The molecular weight excluding hydrogens is 1230 g/mol. The number of fused-ring (bicyclic) bond motifs is 2. The lowest BCUT2D eigenvalue weighted by atomic mass is 9.80. The molecule has 0 aromatic rings.